The molecule has 3 aromatic rings. The Labute approximate surface area is 232 Å². The lowest BCUT2D eigenvalue weighted by molar-refractivity contribution is 0.284. The summed E-state index contributed by atoms with van der Waals surface area (Å²) < 4.78 is 0. The number of hydrogen-bond acceptors (Lipinski definition) is 3. The van der Waals surface area contributed by atoms with Crippen molar-refractivity contribution in [2.75, 3.05) is 0 Å². The topological polar surface area (TPSA) is 60.7 Å². The van der Waals surface area contributed by atoms with Crippen LogP contribution >= 0.6 is 0 Å². The zero-order chi connectivity index (χ0) is 29.4. The van der Waals surface area contributed by atoms with Gasteiger partial charge in [-0.25, -0.2) is 0 Å². The number of hydrogen-bond donors (Lipinski definition) is 3. The Bertz CT molecular complexity index is 1080. The Morgan fingerprint density at radius 3 is 1.00 bits per heavy atom. The molecular formula is C35H52O3. The Hall–Kier alpha value is -2.94. The van der Waals surface area contributed by atoms with Gasteiger partial charge in [-0.2, -0.15) is 0 Å². The maximum Gasteiger partial charge on any atom is 0.115 e. The van der Waals surface area contributed by atoms with Crippen LogP contribution in [0.1, 0.15) is 106 Å². The average molecular weight is 521 g/mol. The zero-order valence-electron chi connectivity index (χ0n) is 25.7. The van der Waals surface area contributed by atoms with Gasteiger partial charge in [0, 0.05) is 0 Å². The molecule has 0 spiro atoms. The van der Waals surface area contributed by atoms with Crippen LogP contribution in [0.5, 0.6) is 17.2 Å². The molecule has 3 N–H and O–H groups in total. The molecule has 0 heterocycles. The summed E-state index contributed by atoms with van der Waals surface area (Å²) in [5.41, 5.74) is 4.68. The molecule has 3 aromatic carbocycles. The third-order valence-electron chi connectivity index (χ3n) is 6.89. The molecule has 0 aromatic heterocycles. The molecule has 3 rings (SSSR count). The van der Waals surface area contributed by atoms with Crippen LogP contribution in [0.2, 0.25) is 0 Å². The summed E-state index contributed by atoms with van der Waals surface area (Å²) in [5, 5.41) is 27.4. The average Bonchev–Trinajstić information content (AvgIpc) is 2.79. The highest BCUT2D eigenvalue weighted by Gasteiger charge is 2.27. The first-order chi connectivity index (χ1) is 17.3. The van der Waals surface area contributed by atoms with Gasteiger partial charge in [-0.15, -0.1) is 0 Å². The van der Waals surface area contributed by atoms with Gasteiger partial charge in [-0.1, -0.05) is 113 Å². The lowest BCUT2D eigenvalue weighted by atomic mass is 9.72. The highest BCUT2D eigenvalue weighted by atomic mass is 16.3. The number of rotatable bonds is 4. The smallest absolute Gasteiger partial charge is 0.115 e. The van der Waals surface area contributed by atoms with Gasteiger partial charge in [0.05, 0.1) is 0 Å². The summed E-state index contributed by atoms with van der Waals surface area (Å²) in [4.78, 5) is 0. The van der Waals surface area contributed by atoms with Crippen molar-refractivity contribution in [2.24, 2.45) is 5.41 Å². The van der Waals surface area contributed by atoms with Crippen LogP contribution < -0.4 is 0 Å². The fraction of sp³-hybridized carbons (Fsp3) is 0.486. The van der Waals surface area contributed by atoms with Crippen LogP contribution in [0.25, 0.3) is 0 Å². The van der Waals surface area contributed by atoms with Crippen molar-refractivity contribution in [3.8, 4) is 17.2 Å². The van der Waals surface area contributed by atoms with Crippen LogP contribution in [0.4, 0.5) is 0 Å². The van der Waals surface area contributed by atoms with Crippen LogP contribution in [0.3, 0.4) is 0 Å². The molecule has 38 heavy (non-hydrogen) atoms. The molecule has 0 aliphatic rings. The van der Waals surface area contributed by atoms with Gasteiger partial charge < -0.3 is 15.3 Å². The maximum absolute atomic E-state index is 9.25. The van der Waals surface area contributed by atoms with E-state index in [-0.39, 0.29) is 16.2 Å². The second kappa shape index (κ2) is 13.2. The van der Waals surface area contributed by atoms with Crippen molar-refractivity contribution in [2.45, 2.75) is 105 Å². The molecule has 0 bridgehead atoms. The summed E-state index contributed by atoms with van der Waals surface area (Å²) in [5.74, 6) is 1.01. The molecule has 3 nitrogen and oxygen atoms in total. The van der Waals surface area contributed by atoms with Crippen molar-refractivity contribution in [3.05, 3.63) is 89.5 Å². The van der Waals surface area contributed by atoms with E-state index in [0.29, 0.717) is 22.7 Å². The molecule has 0 saturated carbocycles. The van der Waals surface area contributed by atoms with E-state index >= 15 is 0 Å². The SMILES string of the molecule is CC(C)(C)CC(C)(C)c1ccc(O)cc1.CC(C)(C)c1ccc(O)cc1.CCC(C)(C)c1ccc(O)cc1. The van der Waals surface area contributed by atoms with E-state index in [4.69, 9.17) is 10.2 Å². The highest BCUT2D eigenvalue weighted by Crippen LogP contribution is 2.36. The van der Waals surface area contributed by atoms with Crippen LogP contribution in [-0.2, 0) is 16.2 Å². The predicted octanol–water partition coefficient (Wildman–Crippen LogP) is 9.88. The number of phenols is 3. The van der Waals surface area contributed by atoms with Crippen molar-refractivity contribution in [1.82, 2.24) is 0 Å². The summed E-state index contributed by atoms with van der Waals surface area (Å²) in [6.45, 7) is 24.3. The Kier molecular flexibility index (Phi) is 11.5. The van der Waals surface area contributed by atoms with E-state index in [1.807, 2.05) is 36.4 Å². The van der Waals surface area contributed by atoms with Crippen LogP contribution in [-0.4, -0.2) is 15.3 Å². The van der Waals surface area contributed by atoms with Gasteiger partial charge >= 0.3 is 0 Å². The van der Waals surface area contributed by atoms with Crippen molar-refractivity contribution >= 4 is 0 Å². The van der Waals surface area contributed by atoms with Gasteiger partial charge in [-0.05, 0) is 87.6 Å². The molecule has 3 heteroatoms. The minimum Gasteiger partial charge on any atom is -0.508 e. The molecule has 0 amide bonds. The summed E-state index contributed by atoms with van der Waals surface area (Å²) in [6, 6.07) is 22.4. The molecule has 0 atom stereocenters. The molecule has 0 unspecified atom stereocenters. The van der Waals surface area contributed by atoms with E-state index in [1.54, 1.807) is 36.4 Å². The molecule has 0 aliphatic heterocycles. The normalized spacial score (nSPS) is 12.1. The van der Waals surface area contributed by atoms with Crippen LogP contribution in [0, 0.1) is 5.41 Å². The lowest BCUT2D eigenvalue weighted by Gasteiger charge is -2.33. The Morgan fingerprint density at radius 2 is 0.737 bits per heavy atom. The second-order valence-corrected chi connectivity index (χ2v) is 13.7. The number of benzene rings is 3. The summed E-state index contributed by atoms with van der Waals surface area (Å²) in [6.07, 6.45) is 2.24. The molecule has 0 radical (unpaired) electrons. The number of phenolic OH excluding ortho intramolecular Hbond substituents is 3. The monoisotopic (exact) mass is 520 g/mol. The van der Waals surface area contributed by atoms with E-state index in [0.717, 1.165) is 12.8 Å². The van der Waals surface area contributed by atoms with Crippen LogP contribution in [0.15, 0.2) is 72.8 Å². The minimum atomic E-state index is 0.159. The van der Waals surface area contributed by atoms with E-state index in [2.05, 4.69) is 76.2 Å². The van der Waals surface area contributed by atoms with Crippen molar-refractivity contribution < 1.29 is 15.3 Å². The van der Waals surface area contributed by atoms with Crippen molar-refractivity contribution in [1.29, 1.82) is 0 Å². The fourth-order valence-corrected chi connectivity index (χ4v) is 4.42. The Morgan fingerprint density at radius 1 is 0.447 bits per heavy atom. The quantitative estimate of drug-likeness (QED) is 0.321. The highest BCUT2D eigenvalue weighted by molar-refractivity contribution is 5.32. The predicted molar refractivity (Wildman–Crippen MR) is 163 cm³/mol. The second-order valence-electron chi connectivity index (χ2n) is 13.7. The summed E-state index contributed by atoms with van der Waals surface area (Å²) in [7, 11) is 0. The molecule has 210 valence electrons. The number of aromatic hydroxyl groups is 3. The van der Waals surface area contributed by atoms with Gasteiger partial charge in [0.1, 0.15) is 17.2 Å². The molecule has 0 fully saturated rings. The van der Waals surface area contributed by atoms with E-state index < -0.39 is 0 Å². The van der Waals surface area contributed by atoms with Gasteiger partial charge in [0.25, 0.3) is 0 Å². The molecule has 0 aliphatic carbocycles. The van der Waals surface area contributed by atoms with Gasteiger partial charge in [0.2, 0.25) is 0 Å². The lowest BCUT2D eigenvalue weighted by Crippen LogP contribution is -2.24. The first-order valence-electron chi connectivity index (χ1n) is 13.7. The first kappa shape index (κ1) is 33.1. The van der Waals surface area contributed by atoms with Gasteiger partial charge in [-0.3, -0.25) is 0 Å². The standard InChI is InChI=1S/C14H22O.C11H16O.C10H14O/c1-13(2,3)10-14(4,5)11-6-8-12(15)9-7-11;1-4-11(2,3)9-5-7-10(12)8-6-9;1-10(2,3)8-4-6-9(11)7-5-8/h6-9,15H,10H2,1-5H3;5-8,12H,4H2,1-3H3;4-7,11H,1-3H3. The largest absolute Gasteiger partial charge is 0.508 e. The zero-order valence-corrected chi connectivity index (χ0v) is 25.7. The Balaban J connectivity index is 0.000000289. The maximum atomic E-state index is 9.25. The molecular weight excluding hydrogens is 468 g/mol. The van der Waals surface area contributed by atoms with Crippen molar-refractivity contribution in [3.63, 3.8) is 0 Å². The van der Waals surface area contributed by atoms with E-state index in [1.165, 1.54) is 16.7 Å². The summed E-state index contributed by atoms with van der Waals surface area (Å²) >= 11 is 0. The minimum absolute atomic E-state index is 0.159. The third kappa shape index (κ3) is 11.6. The van der Waals surface area contributed by atoms with Gasteiger partial charge in [0.15, 0.2) is 0 Å². The fourth-order valence-electron chi connectivity index (χ4n) is 4.42. The molecule has 0 saturated heterocycles. The van der Waals surface area contributed by atoms with E-state index in [9.17, 15) is 5.11 Å². The first-order valence-corrected chi connectivity index (χ1v) is 13.7. The third-order valence-corrected chi connectivity index (χ3v) is 6.89.